The highest BCUT2D eigenvalue weighted by Gasteiger charge is 2.08. The second-order valence-electron chi connectivity index (χ2n) is 1.48. The number of alkyl halides is 1. The monoisotopic (exact) mass is 141 g/mol. The molecule has 0 saturated carbocycles. The summed E-state index contributed by atoms with van der Waals surface area (Å²) in [6, 6.07) is 0. The number of hydrogen-bond acceptors (Lipinski definition) is 2. The summed E-state index contributed by atoms with van der Waals surface area (Å²) in [5, 5.41) is 2.83. The molecule has 1 rings (SSSR count). The van der Waals surface area contributed by atoms with Gasteiger partial charge in [0, 0.05) is 6.54 Å². The average Bonchev–Trinajstić information content (AvgIpc) is 1.69. The van der Waals surface area contributed by atoms with Crippen LogP contribution in [0.15, 0.2) is 0 Å². The summed E-state index contributed by atoms with van der Waals surface area (Å²) in [6.07, 6.45) is -1.08. The second kappa shape index (κ2) is 4.06. The summed E-state index contributed by atoms with van der Waals surface area (Å²) in [6.45, 7) is 1.63. The van der Waals surface area contributed by atoms with Crippen molar-refractivity contribution in [2.75, 3.05) is 19.7 Å². The highest BCUT2D eigenvalue weighted by Crippen LogP contribution is 1.94. The third-order valence-electron chi connectivity index (χ3n) is 0.882. The van der Waals surface area contributed by atoms with Crippen LogP contribution in [0.5, 0.6) is 0 Å². The van der Waals surface area contributed by atoms with E-state index in [2.05, 4.69) is 10.1 Å². The van der Waals surface area contributed by atoms with Crippen LogP contribution in [0.3, 0.4) is 0 Å². The molecular formula is C4H9ClFNO. The minimum absolute atomic E-state index is 0. The lowest BCUT2D eigenvalue weighted by Gasteiger charge is -2.15. The number of morpholine rings is 1. The molecule has 2 nitrogen and oxygen atoms in total. The maximum absolute atomic E-state index is 11.9. The smallest absolute Gasteiger partial charge is 0.211 e. The van der Waals surface area contributed by atoms with Gasteiger partial charge in [-0.25, -0.2) is 4.39 Å². The lowest BCUT2D eigenvalue weighted by Crippen LogP contribution is -2.35. The molecule has 1 fully saturated rings. The van der Waals surface area contributed by atoms with Crippen molar-refractivity contribution in [3.05, 3.63) is 0 Å². The van der Waals surface area contributed by atoms with Crippen LogP contribution in [0.1, 0.15) is 0 Å². The third-order valence-corrected chi connectivity index (χ3v) is 0.882. The van der Waals surface area contributed by atoms with Crippen LogP contribution in [-0.4, -0.2) is 26.1 Å². The van der Waals surface area contributed by atoms with Crippen molar-refractivity contribution in [1.82, 2.24) is 5.32 Å². The van der Waals surface area contributed by atoms with Gasteiger partial charge in [0.2, 0.25) is 6.36 Å². The Morgan fingerprint density at radius 1 is 1.62 bits per heavy atom. The van der Waals surface area contributed by atoms with Gasteiger partial charge in [0.25, 0.3) is 0 Å². The van der Waals surface area contributed by atoms with Crippen molar-refractivity contribution in [1.29, 1.82) is 0 Å². The van der Waals surface area contributed by atoms with E-state index in [1.807, 2.05) is 0 Å². The van der Waals surface area contributed by atoms with Gasteiger partial charge in [-0.1, -0.05) is 0 Å². The van der Waals surface area contributed by atoms with E-state index in [0.29, 0.717) is 13.2 Å². The first-order valence-electron chi connectivity index (χ1n) is 2.36. The maximum atomic E-state index is 11.9. The molecule has 0 bridgehead atoms. The molecule has 4 heteroatoms. The van der Waals surface area contributed by atoms with E-state index in [9.17, 15) is 4.39 Å². The normalized spacial score (nSPS) is 28.9. The summed E-state index contributed by atoms with van der Waals surface area (Å²) in [5.41, 5.74) is 0. The fourth-order valence-electron chi connectivity index (χ4n) is 0.533. The van der Waals surface area contributed by atoms with Gasteiger partial charge in [-0.2, -0.15) is 0 Å². The number of hydrogen-bond donors (Lipinski definition) is 1. The van der Waals surface area contributed by atoms with Gasteiger partial charge in [-0.3, -0.25) is 0 Å². The second-order valence-corrected chi connectivity index (χ2v) is 1.48. The molecule has 1 heterocycles. The van der Waals surface area contributed by atoms with Gasteiger partial charge in [-0.05, 0) is 0 Å². The van der Waals surface area contributed by atoms with Crippen LogP contribution < -0.4 is 5.32 Å². The Bertz CT molecular complexity index is 58.0. The van der Waals surface area contributed by atoms with E-state index >= 15 is 0 Å². The van der Waals surface area contributed by atoms with Crippen LogP contribution in [0.25, 0.3) is 0 Å². The van der Waals surface area contributed by atoms with E-state index in [4.69, 9.17) is 0 Å². The van der Waals surface area contributed by atoms with Gasteiger partial charge in [0.15, 0.2) is 0 Å². The van der Waals surface area contributed by atoms with Crippen molar-refractivity contribution < 1.29 is 9.13 Å². The van der Waals surface area contributed by atoms with Crippen LogP contribution in [-0.2, 0) is 4.74 Å². The van der Waals surface area contributed by atoms with Crippen molar-refractivity contribution in [2.24, 2.45) is 0 Å². The largest absolute Gasteiger partial charge is 0.346 e. The van der Waals surface area contributed by atoms with Crippen LogP contribution in [0.2, 0.25) is 0 Å². The molecule has 8 heavy (non-hydrogen) atoms. The Balaban J connectivity index is 0.000000490. The fourth-order valence-corrected chi connectivity index (χ4v) is 0.533. The van der Waals surface area contributed by atoms with Gasteiger partial charge in [0.1, 0.15) is 0 Å². The highest BCUT2D eigenvalue weighted by molar-refractivity contribution is 5.85. The minimum atomic E-state index is -1.08. The van der Waals surface area contributed by atoms with E-state index in [-0.39, 0.29) is 12.4 Å². The molecule has 1 unspecified atom stereocenters. The zero-order chi connectivity index (χ0) is 5.11. The molecule has 1 aliphatic rings. The molecule has 1 saturated heterocycles. The molecule has 0 aromatic rings. The standard InChI is InChI=1S/C4H8FNO.ClH/c5-4-3-6-1-2-7-4;/h4,6H,1-3H2;1H. The Hall–Kier alpha value is 0.140. The molecule has 50 valence electrons. The molecule has 0 aromatic carbocycles. The minimum Gasteiger partial charge on any atom is -0.346 e. The van der Waals surface area contributed by atoms with E-state index in [1.54, 1.807) is 0 Å². The molecule has 0 aliphatic carbocycles. The molecule has 0 spiro atoms. The van der Waals surface area contributed by atoms with Crippen molar-refractivity contribution in [2.45, 2.75) is 6.36 Å². The van der Waals surface area contributed by atoms with Crippen LogP contribution in [0, 0.1) is 0 Å². The van der Waals surface area contributed by atoms with Gasteiger partial charge < -0.3 is 10.1 Å². The first kappa shape index (κ1) is 8.14. The Morgan fingerprint density at radius 3 is 2.62 bits per heavy atom. The lowest BCUT2D eigenvalue weighted by molar-refractivity contribution is -0.0560. The quantitative estimate of drug-likeness (QED) is 0.525. The number of halogens is 2. The van der Waals surface area contributed by atoms with Crippen molar-refractivity contribution >= 4 is 12.4 Å². The van der Waals surface area contributed by atoms with E-state index in [0.717, 1.165) is 6.54 Å². The lowest BCUT2D eigenvalue weighted by atomic mass is 10.5. The SMILES string of the molecule is Cl.FC1CNCCO1. The maximum Gasteiger partial charge on any atom is 0.211 e. The van der Waals surface area contributed by atoms with E-state index in [1.165, 1.54) is 0 Å². The van der Waals surface area contributed by atoms with Gasteiger partial charge in [0.05, 0.1) is 13.2 Å². The van der Waals surface area contributed by atoms with E-state index < -0.39 is 6.36 Å². The Kier molecular flexibility index (Phi) is 4.13. The summed E-state index contributed by atoms with van der Waals surface area (Å²) in [4.78, 5) is 0. The van der Waals surface area contributed by atoms with Crippen molar-refractivity contribution in [3.63, 3.8) is 0 Å². The highest BCUT2D eigenvalue weighted by atomic mass is 35.5. The molecule has 0 amide bonds. The summed E-state index contributed by atoms with van der Waals surface area (Å²) < 4.78 is 16.4. The first-order valence-corrected chi connectivity index (χ1v) is 2.36. The molecular weight excluding hydrogens is 133 g/mol. The number of nitrogens with one attached hydrogen (secondary N) is 1. The predicted molar refractivity (Wildman–Crippen MR) is 31.0 cm³/mol. The Morgan fingerprint density at radius 2 is 2.38 bits per heavy atom. The molecule has 0 aromatic heterocycles. The Labute approximate surface area is 53.8 Å². The zero-order valence-electron chi connectivity index (χ0n) is 4.39. The van der Waals surface area contributed by atoms with Gasteiger partial charge in [-0.15, -0.1) is 12.4 Å². The third kappa shape index (κ3) is 2.45. The molecule has 0 radical (unpaired) electrons. The van der Waals surface area contributed by atoms with Crippen molar-refractivity contribution in [3.8, 4) is 0 Å². The molecule has 1 N–H and O–H groups in total. The summed E-state index contributed by atoms with van der Waals surface area (Å²) in [5.74, 6) is 0. The fraction of sp³-hybridized carbons (Fsp3) is 1.00. The topological polar surface area (TPSA) is 21.3 Å². The summed E-state index contributed by atoms with van der Waals surface area (Å²) in [7, 11) is 0. The number of rotatable bonds is 0. The molecule has 1 atom stereocenters. The summed E-state index contributed by atoms with van der Waals surface area (Å²) >= 11 is 0. The van der Waals surface area contributed by atoms with Crippen LogP contribution >= 0.6 is 12.4 Å². The zero-order valence-corrected chi connectivity index (χ0v) is 5.21. The molecule has 1 aliphatic heterocycles. The van der Waals surface area contributed by atoms with Gasteiger partial charge >= 0.3 is 0 Å². The van der Waals surface area contributed by atoms with Crippen LogP contribution in [0.4, 0.5) is 4.39 Å². The predicted octanol–water partition coefficient (Wildman–Crippen LogP) is 0.324. The first-order chi connectivity index (χ1) is 3.39. The number of ether oxygens (including phenoxy) is 1. The average molecular weight is 142 g/mol.